The molecule has 8 unspecified atom stereocenters. The molecule has 1 saturated heterocycles. The van der Waals surface area contributed by atoms with E-state index >= 15 is 0 Å². The van der Waals surface area contributed by atoms with Crippen LogP contribution in [0.1, 0.15) is 58.1 Å². The first kappa shape index (κ1) is 27.2. The Kier molecular flexibility index (Phi) is 8.32. The third-order valence-electron chi connectivity index (χ3n) is 8.11. The molecule has 2 fully saturated rings. The Morgan fingerprint density at radius 1 is 1.16 bits per heavy atom. The summed E-state index contributed by atoms with van der Waals surface area (Å²) in [4.78, 5) is 35.9. The number of hydrogen-bond acceptors (Lipinski definition) is 10. The summed E-state index contributed by atoms with van der Waals surface area (Å²) >= 11 is 0. The highest BCUT2D eigenvalue weighted by Crippen LogP contribution is 2.38. The molecule has 12 heteroatoms. The molecule has 0 aromatic carbocycles. The molecule has 1 aliphatic carbocycles. The number of anilines is 1. The number of carbonyl (C=O) groups is 2. The molecule has 1 amide bonds. The molecule has 12 nitrogen and oxygen atoms in total. The molecule has 4 rings (SSSR count). The van der Waals surface area contributed by atoms with Crippen LogP contribution in [0.4, 0.5) is 5.82 Å². The zero-order valence-corrected chi connectivity index (χ0v) is 21.4. The summed E-state index contributed by atoms with van der Waals surface area (Å²) in [5, 5.41) is 38.5. The summed E-state index contributed by atoms with van der Waals surface area (Å²) in [6.45, 7) is 5.39. The summed E-state index contributed by atoms with van der Waals surface area (Å²) in [5.41, 5.74) is 7.56. The van der Waals surface area contributed by atoms with Gasteiger partial charge in [-0.15, -0.1) is 0 Å². The predicted octanol–water partition coefficient (Wildman–Crippen LogP) is 0.146. The Labute approximate surface area is 215 Å². The van der Waals surface area contributed by atoms with Gasteiger partial charge >= 0.3 is 5.97 Å². The van der Waals surface area contributed by atoms with E-state index in [-0.39, 0.29) is 36.2 Å². The van der Waals surface area contributed by atoms with Gasteiger partial charge in [-0.05, 0) is 18.8 Å². The van der Waals surface area contributed by atoms with Crippen molar-refractivity contribution in [1.29, 1.82) is 0 Å². The van der Waals surface area contributed by atoms with Gasteiger partial charge in [-0.2, -0.15) is 0 Å². The number of hydrogen-bond donors (Lipinski definition) is 7. The number of fused-ring (bicyclic) bond motifs is 1. The van der Waals surface area contributed by atoms with Crippen molar-refractivity contribution in [3.63, 3.8) is 0 Å². The minimum Gasteiger partial charge on any atom is -0.464 e. The lowest BCUT2D eigenvalue weighted by Crippen LogP contribution is -2.48. The standard InChI is InChI=1S/C25H38N6O6/c1-4-12(5-2)17(30-11(3)32)13-6-7-14(21(13)33)25(36)37-9-16-22(34)23(35)19(31-16)15-8-27-20-18(15)28-10-29-24(20)26/h8,10,12-14,16-17,19,21-23,27,31,33-35H,4-7,9H2,1-3H3,(H,30,32)(H2,26,28,29). The number of aromatic nitrogens is 3. The summed E-state index contributed by atoms with van der Waals surface area (Å²) < 4.78 is 5.52. The largest absolute Gasteiger partial charge is 0.464 e. The number of rotatable bonds is 9. The second-order valence-corrected chi connectivity index (χ2v) is 10.2. The van der Waals surface area contributed by atoms with Crippen LogP contribution in [0.2, 0.25) is 0 Å². The Bertz CT molecular complexity index is 1110. The molecule has 1 aliphatic heterocycles. The molecule has 8 atom stereocenters. The van der Waals surface area contributed by atoms with Gasteiger partial charge in [0.2, 0.25) is 5.91 Å². The maximum absolute atomic E-state index is 12.9. The number of amides is 1. The van der Waals surface area contributed by atoms with Crippen LogP contribution >= 0.6 is 0 Å². The lowest BCUT2D eigenvalue weighted by molar-refractivity contribution is -0.153. The quantitative estimate of drug-likeness (QED) is 0.224. The first-order valence-corrected chi connectivity index (χ1v) is 13.0. The number of nitrogens with zero attached hydrogens (tertiary/aromatic N) is 2. The number of nitrogens with two attached hydrogens (primary N) is 1. The molecular weight excluding hydrogens is 480 g/mol. The number of aliphatic hydroxyl groups excluding tert-OH is 3. The monoisotopic (exact) mass is 518 g/mol. The van der Waals surface area contributed by atoms with Crippen molar-refractivity contribution in [1.82, 2.24) is 25.6 Å². The van der Waals surface area contributed by atoms with Crippen LogP contribution in [0.15, 0.2) is 12.5 Å². The van der Waals surface area contributed by atoms with Gasteiger partial charge in [-0.1, -0.05) is 26.7 Å². The Hall–Kier alpha value is -2.80. The van der Waals surface area contributed by atoms with E-state index in [4.69, 9.17) is 10.5 Å². The van der Waals surface area contributed by atoms with Gasteiger partial charge in [0.1, 0.15) is 30.7 Å². The molecule has 2 aliphatic rings. The minimum atomic E-state index is -1.19. The van der Waals surface area contributed by atoms with Crippen molar-refractivity contribution < 1.29 is 29.6 Å². The molecule has 3 heterocycles. The fourth-order valence-corrected chi connectivity index (χ4v) is 6.05. The van der Waals surface area contributed by atoms with Crippen molar-refractivity contribution >= 4 is 28.7 Å². The molecule has 37 heavy (non-hydrogen) atoms. The molecule has 0 bridgehead atoms. The third-order valence-corrected chi connectivity index (χ3v) is 8.11. The van der Waals surface area contributed by atoms with Gasteiger partial charge in [0, 0.05) is 30.6 Å². The number of aromatic amines is 1. The topological polar surface area (TPSA) is 196 Å². The second kappa shape index (κ2) is 11.3. The number of ether oxygens (including phenoxy) is 1. The van der Waals surface area contributed by atoms with E-state index in [0.29, 0.717) is 29.4 Å². The van der Waals surface area contributed by atoms with Crippen molar-refractivity contribution in [2.24, 2.45) is 17.8 Å². The Balaban J connectivity index is 1.39. The van der Waals surface area contributed by atoms with Gasteiger partial charge in [0.05, 0.1) is 29.6 Å². The summed E-state index contributed by atoms with van der Waals surface area (Å²) in [7, 11) is 0. The van der Waals surface area contributed by atoms with Crippen LogP contribution in [-0.4, -0.2) is 79.2 Å². The van der Waals surface area contributed by atoms with E-state index < -0.39 is 42.3 Å². The summed E-state index contributed by atoms with van der Waals surface area (Å²) in [6, 6.07) is -1.61. The number of nitrogens with one attached hydrogen (secondary N) is 3. The highest BCUT2D eigenvalue weighted by molar-refractivity contribution is 5.87. The van der Waals surface area contributed by atoms with Crippen LogP contribution in [0.3, 0.4) is 0 Å². The highest BCUT2D eigenvalue weighted by Gasteiger charge is 2.47. The van der Waals surface area contributed by atoms with Crippen LogP contribution in [0.5, 0.6) is 0 Å². The van der Waals surface area contributed by atoms with E-state index in [1.165, 1.54) is 13.3 Å². The molecule has 204 valence electrons. The van der Waals surface area contributed by atoms with Gasteiger partial charge in [0.15, 0.2) is 5.82 Å². The van der Waals surface area contributed by atoms with E-state index in [1.54, 1.807) is 6.20 Å². The zero-order valence-electron chi connectivity index (χ0n) is 21.4. The normalized spacial score (nSPS) is 30.6. The molecular formula is C25H38N6O6. The molecule has 8 N–H and O–H groups in total. The maximum atomic E-state index is 12.9. The van der Waals surface area contributed by atoms with Gasteiger partial charge in [-0.25, -0.2) is 9.97 Å². The summed E-state index contributed by atoms with van der Waals surface area (Å²) in [6.07, 6.45) is 2.42. The van der Waals surface area contributed by atoms with Gasteiger partial charge in [-0.3, -0.25) is 14.9 Å². The lowest BCUT2D eigenvalue weighted by Gasteiger charge is -2.33. The fraction of sp³-hybridized carbons (Fsp3) is 0.680. The number of carbonyl (C=O) groups excluding carboxylic acids is 2. The number of aliphatic hydroxyl groups is 3. The SMILES string of the molecule is CCC(CC)C(NC(C)=O)C1CCC(C(=O)OCC2NC(c3c[nH]c4c(N)ncnc34)C(O)C2O)C1O. The molecule has 0 radical (unpaired) electrons. The Morgan fingerprint density at radius 3 is 2.57 bits per heavy atom. The second-order valence-electron chi connectivity index (χ2n) is 10.2. The van der Waals surface area contributed by atoms with E-state index in [2.05, 4.69) is 39.4 Å². The van der Waals surface area contributed by atoms with E-state index in [1.807, 2.05) is 0 Å². The number of H-pyrrole nitrogens is 1. The average Bonchev–Trinajstić information content (AvgIpc) is 3.54. The van der Waals surface area contributed by atoms with Crippen molar-refractivity contribution in [2.75, 3.05) is 12.3 Å². The van der Waals surface area contributed by atoms with Gasteiger partial charge in [0.25, 0.3) is 0 Å². The zero-order chi connectivity index (χ0) is 26.9. The number of esters is 1. The first-order valence-electron chi connectivity index (χ1n) is 13.0. The van der Waals surface area contributed by atoms with Crippen molar-refractivity contribution in [3.05, 3.63) is 18.1 Å². The number of nitrogen functional groups attached to an aromatic ring is 1. The maximum Gasteiger partial charge on any atom is 0.311 e. The van der Waals surface area contributed by atoms with Crippen molar-refractivity contribution in [2.45, 2.75) is 82.9 Å². The Morgan fingerprint density at radius 2 is 1.89 bits per heavy atom. The van der Waals surface area contributed by atoms with Gasteiger partial charge < -0.3 is 36.1 Å². The van der Waals surface area contributed by atoms with Crippen LogP contribution < -0.4 is 16.4 Å². The molecule has 1 saturated carbocycles. The van der Waals surface area contributed by atoms with E-state index in [0.717, 1.165) is 12.8 Å². The van der Waals surface area contributed by atoms with Crippen LogP contribution in [0, 0.1) is 17.8 Å². The first-order chi connectivity index (χ1) is 17.7. The predicted molar refractivity (Wildman–Crippen MR) is 135 cm³/mol. The third kappa shape index (κ3) is 5.28. The lowest BCUT2D eigenvalue weighted by atomic mass is 9.82. The molecule has 0 spiro atoms. The smallest absolute Gasteiger partial charge is 0.311 e. The van der Waals surface area contributed by atoms with Crippen molar-refractivity contribution in [3.8, 4) is 0 Å². The van der Waals surface area contributed by atoms with E-state index in [9.17, 15) is 24.9 Å². The average molecular weight is 519 g/mol. The van der Waals surface area contributed by atoms with Crippen LogP contribution in [-0.2, 0) is 14.3 Å². The molecule has 2 aromatic heterocycles. The highest BCUT2D eigenvalue weighted by atomic mass is 16.5. The van der Waals surface area contributed by atoms with Crippen LogP contribution in [0.25, 0.3) is 11.0 Å². The minimum absolute atomic E-state index is 0.158. The summed E-state index contributed by atoms with van der Waals surface area (Å²) in [5.74, 6) is -1.21. The fourth-order valence-electron chi connectivity index (χ4n) is 6.05. The molecule has 2 aromatic rings.